The lowest BCUT2D eigenvalue weighted by Gasteiger charge is -2.41. The summed E-state index contributed by atoms with van der Waals surface area (Å²) in [5, 5.41) is 3.51. The Morgan fingerprint density at radius 2 is 2.28 bits per heavy atom. The molecule has 0 unspecified atom stereocenters. The molecule has 1 aromatic heterocycles. The molecular formula is C14H19N3O. The molecule has 0 radical (unpaired) electrons. The Morgan fingerprint density at radius 1 is 1.39 bits per heavy atom. The van der Waals surface area contributed by atoms with Gasteiger partial charge in [0.15, 0.2) is 12.0 Å². The third-order valence-electron chi connectivity index (χ3n) is 4.07. The summed E-state index contributed by atoms with van der Waals surface area (Å²) >= 11 is 0. The Morgan fingerprint density at radius 3 is 3.00 bits per heavy atom. The third kappa shape index (κ3) is 2.13. The fourth-order valence-electron chi connectivity index (χ4n) is 2.61. The number of benzene rings is 1. The van der Waals surface area contributed by atoms with Gasteiger partial charge in [-0.15, -0.1) is 0 Å². The summed E-state index contributed by atoms with van der Waals surface area (Å²) in [7, 11) is 0. The molecule has 1 aliphatic carbocycles. The second-order valence-corrected chi connectivity index (χ2v) is 5.32. The molecule has 4 nitrogen and oxygen atoms in total. The van der Waals surface area contributed by atoms with Crippen molar-refractivity contribution in [3.63, 3.8) is 0 Å². The van der Waals surface area contributed by atoms with Gasteiger partial charge in [0.25, 0.3) is 0 Å². The monoisotopic (exact) mass is 245 g/mol. The van der Waals surface area contributed by atoms with Crippen LogP contribution in [0.15, 0.2) is 29.0 Å². The molecule has 1 aliphatic rings. The van der Waals surface area contributed by atoms with Crippen molar-refractivity contribution < 1.29 is 4.42 Å². The second-order valence-electron chi connectivity index (χ2n) is 5.32. The smallest absolute Gasteiger partial charge is 0.181 e. The molecule has 1 aromatic carbocycles. The van der Waals surface area contributed by atoms with Crippen molar-refractivity contribution in [2.24, 2.45) is 11.1 Å². The Bertz CT molecular complexity index is 525. The largest absolute Gasteiger partial charge is 0.443 e. The van der Waals surface area contributed by atoms with E-state index in [1.54, 1.807) is 0 Å². The third-order valence-corrected chi connectivity index (χ3v) is 4.07. The summed E-state index contributed by atoms with van der Waals surface area (Å²) in [6, 6.07) is 6.14. The van der Waals surface area contributed by atoms with Gasteiger partial charge in [0, 0.05) is 13.1 Å². The van der Waals surface area contributed by atoms with Crippen molar-refractivity contribution in [3.05, 3.63) is 30.2 Å². The first-order valence-corrected chi connectivity index (χ1v) is 6.54. The van der Waals surface area contributed by atoms with Gasteiger partial charge in [-0.25, -0.2) is 4.98 Å². The van der Waals surface area contributed by atoms with Gasteiger partial charge in [0.1, 0.15) is 5.52 Å². The predicted molar refractivity (Wildman–Crippen MR) is 71.1 cm³/mol. The second kappa shape index (κ2) is 4.71. The highest BCUT2D eigenvalue weighted by molar-refractivity contribution is 5.72. The summed E-state index contributed by atoms with van der Waals surface area (Å²) < 4.78 is 5.30. The highest BCUT2D eigenvalue weighted by atomic mass is 16.3. The van der Waals surface area contributed by atoms with Crippen molar-refractivity contribution in [3.8, 4) is 0 Å². The topological polar surface area (TPSA) is 64.1 Å². The maximum atomic E-state index is 5.85. The van der Waals surface area contributed by atoms with Gasteiger partial charge in [-0.2, -0.15) is 0 Å². The number of fused-ring (bicyclic) bond motifs is 1. The highest BCUT2D eigenvalue weighted by Crippen LogP contribution is 2.39. The van der Waals surface area contributed by atoms with Gasteiger partial charge in [0.05, 0.1) is 0 Å². The average Bonchev–Trinajstić information content (AvgIpc) is 2.80. The van der Waals surface area contributed by atoms with E-state index in [0.717, 1.165) is 30.7 Å². The van der Waals surface area contributed by atoms with E-state index in [2.05, 4.69) is 16.4 Å². The molecule has 1 saturated carbocycles. The number of oxazole rings is 1. The molecule has 0 spiro atoms. The van der Waals surface area contributed by atoms with E-state index in [-0.39, 0.29) is 0 Å². The van der Waals surface area contributed by atoms with Crippen molar-refractivity contribution in [2.45, 2.75) is 25.8 Å². The normalized spacial score (nSPS) is 17.8. The first kappa shape index (κ1) is 11.7. The number of hydrogen-bond donors (Lipinski definition) is 2. The first-order valence-electron chi connectivity index (χ1n) is 6.54. The molecule has 0 atom stereocenters. The van der Waals surface area contributed by atoms with Crippen molar-refractivity contribution >= 4 is 11.1 Å². The van der Waals surface area contributed by atoms with E-state index in [9.17, 15) is 0 Å². The summed E-state index contributed by atoms with van der Waals surface area (Å²) in [5.74, 6) is 0. The molecule has 1 heterocycles. The molecule has 3 rings (SSSR count). The highest BCUT2D eigenvalue weighted by Gasteiger charge is 2.34. The van der Waals surface area contributed by atoms with Crippen LogP contribution in [0.4, 0.5) is 0 Å². The number of aromatic nitrogens is 1. The molecule has 18 heavy (non-hydrogen) atoms. The van der Waals surface area contributed by atoms with Gasteiger partial charge < -0.3 is 15.5 Å². The summed E-state index contributed by atoms with van der Waals surface area (Å²) in [6.45, 7) is 2.66. The fraction of sp³-hybridized carbons (Fsp3) is 0.500. The quantitative estimate of drug-likeness (QED) is 0.846. The average molecular weight is 245 g/mol. The van der Waals surface area contributed by atoms with Crippen LogP contribution in [0.2, 0.25) is 0 Å². The van der Waals surface area contributed by atoms with E-state index in [1.165, 1.54) is 31.2 Å². The maximum Gasteiger partial charge on any atom is 0.181 e. The van der Waals surface area contributed by atoms with Crippen LogP contribution in [0.5, 0.6) is 0 Å². The minimum Gasteiger partial charge on any atom is -0.443 e. The lowest BCUT2D eigenvalue weighted by atomic mass is 9.69. The van der Waals surface area contributed by atoms with Crippen LogP contribution in [0.3, 0.4) is 0 Å². The number of nitrogens with one attached hydrogen (secondary N) is 1. The van der Waals surface area contributed by atoms with Crippen molar-refractivity contribution in [1.29, 1.82) is 0 Å². The zero-order valence-electron chi connectivity index (χ0n) is 10.5. The number of hydrogen-bond acceptors (Lipinski definition) is 4. The summed E-state index contributed by atoms with van der Waals surface area (Å²) in [4.78, 5) is 4.11. The van der Waals surface area contributed by atoms with E-state index in [1.807, 2.05) is 12.1 Å². The molecular weight excluding hydrogens is 226 g/mol. The Balaban J connectivity index is 1.59. The number of rotatable bonds is 5. The predicted octanol–water partition coefficient (Wildman–Crippen LogP) is 2.05. The van der Waals surface area contributed by atoms with Crippen molar-refractivity contribution in [1.82, 2.24) is 10.3 Å². The van der Waals surface area contributed by atoms with Gasteiger partial charge in [0.2, 0.25) is 0 Å². The lowest BCUT2D eigenvalue weighted by molar-refractivity contribution is 0.141. The zero-order valence-corrected chi connectivity index (χ0v) is 10.5. The molecule has 1 fully saturated rings. The molecule has 0 bridgehead atoms. The van der Waals surface area contributed by atoms with Gasteiger partial charge in [-0.1, -0.05) is 12.5 Å². The van der Waals surface area contributed by atoms with E-state index >= 15 is 0 Å². The van der Waals surface area contributed by atoms with Crippen LogP contribution in [0, 0.1) is 5.41 Å². The molecule has 96 valence electrons. The van der Waals surface area contributed by atoms with Crippen molar-refractivity contribution in [2.75, 3.05) is 13.1 Å². The SMILES string of the molecule is NCC1(CNCc2ccc3ncoc3c2)CCC1. The van der Waals surface area contributed by atoms with Crippen LogP contribution >= 0.6 is 0 Å². The van der Waals surface area contributed by atoms with Crippen LogP contribution in [0.25, 0.3) is 11.1 Å². The van der Waals surface area contributed by atoms with Crippen LogP contribution in [0.1, 0.15) is 24.8 Å². The Labute approximate surface area is 107 Å². The Hall–Kier alpha value is -1.39. The summed E-state index contributed by atoms with van der Waals surface area (Å²) in [6.07, 6.45) is 5.33. The Kier molecular flexibility index (Phi) is 3.06. The molecule has 0 saturated heterocycles. The van der Waals surface area contributed by atoms with Gasteiger partial charge in [-0.3, -0.25) is 0 Å². The van der Waals surface area contributed by atoms with E-state index in [4.69, 9.17) is 10.2 Å². The first-order chi connectivity index (χ1) is 8.81. The number of nitrogens with zero attached hydrogens (tertiary/aromatic N) is 1. The zero-order chi connectivity index (χ0) is 12.4. The number of nitrogens with two attached hydrogens (primary N) is 1. The minimum absolute atomic E-state index is 0.357. The van der Waals surface area contributed by atoms with E-state index < -0.39 is 0 Å². The standard InChI is InChI=1S/C14H19N3O/c15-8-14(4-1-5-14)9-16-7-11-2-3-12-13(6-11)18-10-17-12/h2-3,6,10,16H,1,4-5,7-9,15H2. The summed E-state index contributed by atoms with van der Waals surface area (Å²) in [5.41, 5.74) is 9.20. The van der Waals surface area contributed by atoms with Crippen LogP contribution in [-0.2, 0) is 6.54 Å². The van der Waals surface area contributed by atoms with Gasteiger partial charge in [-0.05, 0) is 42.5 Å². The minimum atomic E-state index is 0.357. The fourth-order valence-corrected chi connectivity index (χ4v) is 2.61. The molecule has 3 N–H and O–H groups in total. The maximum absolute atomic E-state index is 5.85. The molecule has 0 amide bonds. The lowest BCUT2D eigenvalue weighted by Crippen LogP contribution is -2.45. The molecule has 0 aliphatic heterocycles. The molecule has 2 aromatic rings. The van der Waals surface area contributed by atoms with Gasteiger partial charge >= 0.3 is 0 Å². The molecule has 4 heteroatoms. The van der Waals surface area contributed by atoms with E-state index in [0.29, 0.717) is 5.41 Å². The van der Waals surface area contributed by atoms with Crippen LogP contribution in [-0.4, -0.2) is 18.1 Å². The van der Waals surface area contributed by atoms with Crippen LogP contribution < -0.4 is 11.1 Å².